The lowest BCUT2D eigenvalue weighted by Crippen LogP contribution is -2.47. The maximum Gasteiger partial charge on any atom is 0.323 e. The summed E-state index contributed by atoms with van der Waals surface area (Å²) in [6.45, 7) is -0.564. The Balaban J connectivity index is 2.48. The lowest BCUT2D eigenvalue weighted by molar-refractivity contribution is -0.136. The quantitative estimate of drug-likeness (QED) is 0.520. The number of carbonyl (C=O) groups excluding carboxylic acids is 1. The molecule has 0 aliphatic heterocycles. The first-order chi connectivity index (χ1) is 9.54. The normalized spacial score (nSPS) is 12.3. The highest BCUT2D eigenvalue weighted by molar-refractivity contribution is 7.80. The van der Waals surface area contributed by atoms with Crippen molar-refractivity contribution < 1.29 is 14.7 Å². The van der Waals surface area contributed by atoms with Crippen LogP contribution in [0.5, 0.6) is 0 Å². The van der Waals surface area contributed by atoms with Gasteiger partial charge in [0.15, 0.2) is 11.5 Å². The van der Waals surface area contributed by atoms with Gasteiger partial charge in [-0.25, -0.2) is 15.0 Å². The molecule has 1 amide bonds. The Labute approximate surface area is 118 Å². The number of carbonyl (C=O) groups is 2. The van der Waals surface area contributed by atoms with Crippen LogP contribution >= 0.6 is 12.6 Å². The Morgan fingerprint density at radius 1 is 1.45 bits per heavy atom. The van der Waals surface area contributed by atoms with E-state index in [4.69, 9.17) is 10.8 Å². The smallest absolute Gasteiger partial charge is 0.323 e. The number of hydrogen-bond donors (Lipinski definition) is 4. The second kappa shape index (κ2) is 5.84. The molecule has 10 heteroatoms. The van der Waals surface area contributed by atoms with Crippen LogP contribution in [0.4, 0.5) is 5.82 Å². The minimum Gasteiger partial charge on any atom is -0.480 e. The molecule has 2 rings (SSSR count). The molecular weight excluding hydrogens is 284 g/mol. The molecule has 0 spiro atoms. The van der Waals surface area contributed by atoms with E-state index in [9.17, 15) is 9.59 Å². The third-order valence-corrected chi connectivity index (χ3v) is 2.93. The predicted molar refractivity (Wildman–Crippen MR) is 73.5 cm³/mol. The fraction of sp³-hybridized carbons (Fsp3) is 0.300. The number of fused-ring (bicyclic) bond motifs is 1. The minimum absolute atomic E-state index is 0.0894. The fourth-order valence-electron chi connectivity index (χ4n) is 1.63. The molecule has 0 aliphatic rings. The number of aromatic nitrogens is 4. The molecule has 20 heavy (non-hydrogen) atoms. The summed E-state index contributed by atoms with van der Waals surface area (Å²) in [6.07, 6.45) is 2.58. The number of aliphatic carboxylic acids is 1. The lowest BCUT2D eigenvalue weighted by atomic mass is 10.3. The summed E-state index contributed by atoms with van der Waals surface area (Å²) in [6, 6.07) is -0.925. The number of carboxylic acid groups (broad SMARTS) is 1. The van der Waals surface area contributed by atoms with Gasteiger partial charge in [0.1, 0.15) is 18.4 Å². The number of imidazole rings is 1. The van der Waals surface area contributed by atoms with Crippen molar-refractivity contribution in [1.82, 2.24) is 19.9 Å². The summed E-state index contributed by atoms with van der Waals surface area (Å²) in [7, 11) is 0. The van der Waals surface area contributed by atoms with Crippen molar-refractivity contribution in [3.05, 3.63) is 12.7 Å². The Morgan fingerprint density at radius 2 is 2.20 bits per heavy atom. The number of aromatic amines is 1. The first-order valence-corrected chi connectivity index (χ1v) is 6.21. The van der Waals surface area contributed by atoms with Crippen molar-refractivity contribution >= 4 is 41.5 Å². The van der Waals surface area contributed by atoms with Crippen LogP contribution in [0.1, 0.15) is 0 Å². The van der Waals surface area contributed by atoms with Gasteiger partial charge in [0.25, 0.3) is 0 Å². The fourth-order valence-corrected chi connectivity index (χ4v) is 1.78. The van der Waals surface area contributed by atoms with Gasteiger partial charge in [-0.2, -0.15) is 12.6 Å². The van der Waals surface area contributed by atoms with Gasteiger partial charge < -0.3 is 15.8 Å². The number of H-pyrrole nitrogens is 1. The van der Waals surface area contributed by atoms with Crippen LogP contribution in [0.2, 0.25) is 0 Å². The molecule has 0 radical (unpaired) electrons. The molecule has 1 atom stereocenters. The second-order valence-electron chi connectivity index (χ2n) is 3.91. The zero-order valence-corrected chi connectivity index (χ0v) is 11.1. The highest BCUT2D eigenvalue weighted by Gasteiger charge is 2.26. The Hall–Kier alpha value is -2.20. The number of rotatable bonds is 5. The zero-order chi connectivity index (χ0) is 14.7. The predicted octanol–water partition coefficient (Wildman–Crippen LogP) is -0.972. The van der Waals surface area contributed by atoms with Gasteiger partial charge in [-0.15, -0.1) is 0 Å². The van der Waals surface area contributed by atoms with Crippen LogP contribution in [-0.2, 0) is 9.59 Å². The minimum atomic E-state index is -1.18. The van der Waals surface area contributed by atoms with E-state index in [-0.39, 0.29) is 11.6 Å². The molecule has 9 nitrogen and oxygen atoms in total. The molecule has 0 saturated heterocycles. The lowest BCUT2D eigenvalue weighted by Gasteiger charge is -2.22. The number of amides is 1. The molecule has 0 fully saturated rings. The maximum absolute atomic E-state index is 12.2. The molecule has 0 unspecified atom stereocenters. The van der Waals surface area contributed by atoms with E-state index in [2.05, 4.69) is 32.6 Å². The van der Waals surface area contributed by atoms with E-state index in [1.807, 2.05) is 0 Å². The van der Waals surface area contributed by atoms with E-state index >= 15 is 0 Å². The molecule has 0 aromatic carbocycles. The van der Waals surface area contributed by atoms with Gasteiger partial charge in [-0.3, -0.25) is 14.5 Å². The summed E-state index contributed by atoms with van der Waals surface area (Å²) in [5, 5.41) is 8.95. The van der Waals surface area contributed by atoms with Crippen LogP contribution in [0.3, 0.4) is 0 Å². The van der Waals surface area contributed by atoms with E-state index in [0.717, 1.165) is 4.90 Å². The molecule has 0 bridgehead atoms. The number of nitrogens with zero attached hydrogens (tertiary/aromatic N) is 4. The SMILES string of the molecule is N[C@@H](CS)C(=O)N(CC(=O)O)c1ncnc2nc[nH]c12. The topological polar surface area (TPSA) is 138 Å². The average molecular weight is 296 g/mol. The molecule has 4 N–H and O–H groups in total. The number of anilines is 1. The average Bonchev–Trinajstić information content (AvgIpc) is 2.91. The van der Waals surface area contributed by atoms with Crippen LogP contribution in [0.25, 0.3) is 11.2 Å². The second-order valence-corrected chi connectivity index (χ2v) is 4.27. The summed E-state index contributed by atoms with van der Waals surface area (Å²) in [4.78, 5) is 38.6. The first-order valence-electron chi connectivity index (χ1n) is 5.58. The summed E-state index contributed by atoms with van der Waals surface area (Å²) < 4.78 is 0. The Kier molecular flexibility index (Phi) is 4.15. The van der Waals surface area contributed by atoms with Crippen LogP contribution < -0.4 is 10.6 Å². The standard InChI is InChI=1S/C10H12N6O3S/c11-5(2-20)10(19)16(1-6(17)18)9-7-8(13-3-12-7)14-4-15-9/h3-5,20H,1-2,11H2,(H,17,18)(H,12,13,14,15)/t5-/m0/s1. The van der Waals surface area contributed by atoms with Gasteiger partial charge >= 0.3 is 5.97 Å². The van der Waals surface area contributed by atoms with Crippen LogP contribution in [-0.4, -0.2) is 55.3 Å². The first kappa shape index (κ1) is 14.2. The van der Waals surface area contributed by atoms with E-state index in [1.165, 1.54) is 12.7 Å². The molecule has 2 heterocycles. The van der Waals surface area contributed by atoms with Crippen molar-refractivity contribution in [2.45, 2.75) is 6.04 Å². The van der Waals surface area contributed by atoms with Gasteiger partial charge in [0, 0.05) is 5.75 Å². The molecule has 2 aromatic rings. The Morgan fingerprint density at radius 3 is 2.85 bits per heavy atom. The number of carboxylic acids is 1. The van der Waals surface area contributed by atoms with E-state index in [1.54, 1.807) is 0 Å². The molecule has 106 valence electrons. The highest BCUT2D eigenvalue weighted by Crippen LogP contribution is 2.20. The van der Waals surface area contributed by atoms with E-state index in [0.29, 0.717) is 11.2 Å². The third kappa shape index (κ3) is 2.70. The molecule has 0 saturated carbocycles. The third-order valence-electron chi connectivity index (χ3n) is 2.53. The van der Waals surface area contributed by atoms with Gasteiger partial charge in [0.2, 0.25) is 5.91 Å². The monoisotopic (exact) mass is 296 g/mol. The van der Waals surface area contributed by atoms with Crippen LogP contribution in [0.15, 0.2) is 12.7 Å². The maximum atomic E-state index is 12.2. The molecule has 0 aliphatic carbocycles. The molecular formula is C10H12N6O3S. The van der Waals surface area contributed by atoms with Crippen molar-refractivity contribution in [3.63, 3.8) is 0 Å². The van der Waals surface area contributed by atoms with Crippen LogP contribution in [0, 0.1) is 0 Å². The zero-order valence-electron chi connectivity index (χ0n) is 10.2. The van der Waals surface area contributed by atoms with Gasteiger partial charge in [-0.1, -0.05) is 0 Å². The number of thiol groups is 1. The van der Waals surface area contributed by atoms with Crippen molar-refractivity contribution in [2.24, 2.45) is 5.73 Å². The van der Waals surface area contributed by atoms with Gasteiger partial charge in [0.05, 0.1) is 12.4 Å². The Bertz CT molecular complexity index is 645. The van der Waals surface area contributed by atoms with Crippen molar-refractivity contribution in [3.8, 4) is 0 Å². The number of nitrogens with one attached hydrogen (secondary N) is 1. The summed E-state index contributed by atoms with van der Waals surface area (Å²) >= 11 is 3.94. The van der Waals surface area contributed by atoms with Crippen molar-refractivity contribution in [1.29, 1.82) is 0 Å². The summed E-state index contributed by atoms with van der Waals surface area (Å²) in [5.74, 6) is -1.56. The highest BCUT2D eigenvalue weighted by atomic mass is 32.1. The number of nitrogens with two attached hydrogens (primary N) is 1. The van der Waals surface area contributed by atoms with Gasteiger partial charge in [-0.05, 0) is 0 Å². The number of hydrogen-bond acceptors (Lipinski definition) is 7. The molecule has 2 aromatic heterocycles. The summed E-state index contributed by atoms with van der Waals surface area (Å²) in [5.41, 5.74) is 6.32. The largest absolute Gasteiger partial charge is 0.480 e. The van der Waals surface area contributed by atoms with E-state index < -0.39 is 24.5 Å². The van der Waals surface area contributed by atoms with Crippen molar-refractivity contribution in [2.75, 3.05) is 17.2 Å².